The number of nitrogens with one attached hydrogen (secondary N) is 1. The summed E-state index contributed by atoms with van der Waals surface area (Å²) in [6, 6.07) is 17.6. The van der Waals surface area contributed by atoms with Gasteiger partial charge in [0.25, 0.3) is 5.91 Å². The van der Waals surface area contributed by atoms with Gasteiger partial charge in [0.1, 0.15) is 0 Å². The lowest BCUT2D eigenvalue weighted by Gasteiger charge is -2.19. The minimum absolute atomic E-state index is 0.0328. The number of anilines is 1. The van der Waals surface area contributed by atoms with E-state index in [4.69, 9.17) is 0 Å². The molecule has 104 valence electrons. The van der Waals surface area contributed by atoms with Crippen LogP contribution in [0.5, 0.6) is 0 Å². The van der Waals surface area contributed by atoms with E-state index in [2.05, 4.69) is 5.32 Å². The quantitative estimate of drug-likeness (QED) is 0.901. The fourth-order valence-corrected chi connectivity index (χ4v) is 2.15. The number of carbonyl (C=O) groups is 1. The minimum Gasteiger partial charge on any atom is -0.385 e. The van der Waals surface area contributed by atoms with Gasteiger partial charge in [-0.2, -0.15) is 0 Å². The highest BCUT2D eigenvalue weighted by Crippen LogP contribution is 2.17. The van der Waals surface area contributed by atoms with Gasteiger partial charge in [-0.15, -0.1) is 0 Å². The third kappa shape index (κ3) is 3.38. The first-order chi connectivity index (χ1) is 9.72. The molecule has 3 nitrogen and oxygen atoms in total. The highest BCUT2D eigenvalue weighted by Gasteiger charge is 2.15. The predicted molar refractivity (Wildman–Crippen MR) is 82.8 cm³/mol. The number of hydrogen-bond acceptors (Lipinski definition) is 2. The number of amides is 1. The molecule has 0 aliphatic carbocycles. The average molecular weight is 268 g/mol. The molecule has 0 radical (unpaired) electrons. The van der Waals surface area contributed by atoms with E-state index < -0.39 is 0 Å². The molecule has 20 heavy (non-hydrogen) atoms. The van der Waals surface area contributed by atoms with Crippen LogP contribution in [-0.4, -0.2) is 24.4 Å². The van der Waals surface area contributed by atoms with Crippen LogP contribution in [0.2, 0.25) is 0 Å². The zero-order valence-electron chi connectivity index (χ0n) is 12.0. The largest absolute Gasteiger partial charge is 0.385 e. The Balaban J connectivity index is 2.14. The highest BCUT2D eigenvalue weighted by atomic mass is 16.2. The van der Waals surface area contributed by atoms with Gasteiger partial charge in [-0.25, -0.2) is 0 Å². The van der Waals surface area contributed by atoms with Gasteiger partial charge in [0.15, 0.2) is 0 Å². The Kier molecular flexibility index (Phi) is 4.77. The van der Waals surface area contributed by atoms with Gasteiger partial charge in [0.05, 0.1) is 5.56 Å². The lowest BCUT2D eigenvalue weighted by Crippen LogP contribution is -2.27. The Bertz CT molecular complexity index is 566. The van der Waals surface area contributed by atoms with E-state index in [0.29, 0.717) is 12.1 Å². The van der Waals surface area contributed by atoms with Crippen LogP contribution in [0.15, 0.2) is 54.6 Å². The van der Waals surface area contributed by atoms with Gasteiger partial charge in [-0.05, 0) is 24.6 Å². The maximum absolute atomic E-state index is 12.5. The topological polar surface area (TPSA) is 32.3 Å². The smallest absolute Gasteiger partial charge is 0.255 e. The van der Waals surface area contributed by atoms with Crippen LogP contribution in [-0.2, 0) is 6.54 Å². The number of para-hydroxylation sites is 1. The Hall–Kier alpha value is -2.29. The fourth-order valence-electron chi connectivity index (χ4n) is 2.15. The molecule has 0 unspecified atom stereocenters. The Morgan fingerprint density at radius 2 is 1.70 bits per heavy atom. The molecule has 0 bridgehead atoms. The van der Waals surface area contributed by atoms with E-state index in [9.17, 15) is 4.79 Å². The van der Waals surface area contributed by atoms with E-state index in [1.165, 1.54) is 0 Å². The van der Waals surface area contributed by atoms with Gasteiger partial charge in [-0.1, -0.05) is 42.5 Å². The third-order valence-corrected chi connectivity index (χ3v) is 3.13. The number of rotatable bonds is 5. The molecule has 2 aromatic carbocycles. The first kappa shape index (κ1) is 14.1. The van der Waals surface area contributed by atoms with Crippen LogP contribution >= 0.6 is 0 Å². The highest BCUT2D eigenvalue weighted by molar-refractivity contribution is 5.99. The lowest BCUT2D eigenvalue weighted by molar-refractivity contribution is 0.0786. The maximum Gasteiger partial charge on any atom is 0.255 e. The molecule has 2 rings (SSSR count). The summed E-state index contributed by atoms with van der Waals surface area (Å²) in [4.78, 5) is 14.3. The second-order valence-electron chi connectivity index (χ2n) is 4.72. The van der Waals surface area contributed by atoms with Crippen molar-refractivity contribution in [3.05, 3.63) is 65.7 Å². The Labute approximate surface area is 120 Å². The van der Waals surface area contributed by atoms with Gasteiger partial charge in [-0.3, -0.25) is 4.79 Å². The first-order valence-electron chi connectivity index (χ1n) is 6.84. The third-order valence-electron chi connectivity index (χ3n) is 3.13. The summed E-state index contributed by atoms with van der Waals surface area (Å²) < 4.78 is 0. The molecule has 0 saturated heterocycles. The average Bonchev–Trinajstić information content (AvgIpc) is 2.48. The van der Waals surface area contributed by atoms with Crippen LogP contribution < -0.4 is 5.32 Å². The van der Waals surface area contributed by atoms with E-state index in [-0.39, 0.29) is 5.91 Å². The van der Waals surface area contributed by atoms with Crippen molar-refractivity contribution in [1.82, 2.24) is 4.90 Å². The van der Waals surface area contributed by atoms with Gasteiger partial charge in [0, 0.05) is 25.8 Å². The Morgan fingerprint density at radius 3 is 2.40 bits per heavy atom. The lowest BCUT2D eigenvalue weighted by atomic mass is 10.1. The van der Waals surface area contributed by atoms with Crippen LogP contribution in [0.1, 0.15) is 22.8 Å². The second-order valence-corrected chi connectivity index (χ2v) is 4.72. The summed E-state index contributed by atoms with van der Waals surface area (Å²) in [7, 11) is 1.83. The number of hydrogen-bond donors (Lipinski definition) is 1. The molecule has 0 heterocycles. The van der Waals surface area contributed by atoms with Crippen molar-refractivity contribution in [1.29, 1.82) is 0 Å². The summed E-state index contributed by atoms with van der Waals surface area (Å²) in [5, 5.41) is 3.23. The van der Waals surface area contributed by atoms with Crippen molar-refractivity contribution in [3.8, 4) is 0 Å². The van der Waals surface area contributed by atoms with Crippen molar-refractivity contribution >= 4 is 11.6 Å². The van der Waals surface area contributed by atoms with Crippen molar-refractivity contribution in [2.45, 2.75) is 13.5 Å². The number of carbonyl (C=O) groups excluding carboxylic acids is 1. The van der Waals surface area contributed by atoms with Crippen LogP contribution in [0.3, 0.4) is 0 Å². The molecule has 1 N–H and O–H groups in total. The molecule has 0 aliphatic heterocycles. The standard InChI is InChI=1S/C17H20N2O/c1-3-18-16-12-8-7-11-15(16)17(20)19(2)13-14-9-5-4-6-10-14/h4-12,18H,3,13H2,1-2H3. The van der Waals surface area contributed by atoms with Crippen molar-refractivity contribution in [2.24, 2.45) is 0 Å². The normalized spacial score (nSPS) is 10.1. The van der Waals surface area contributed by atoms with Crippen molar-refractivity contribution in [3.63, 3.8) is 0 Å². The predicted octanol–water partition coefficient (Wildman–Crippen LogP) is 3.39. The summed E-state index contributed by atoms with van der Waals surface area (Å²) in [5.41, 5.74) is 2.73. The zero-order valence-corrected chi connectivity index (χ0v) is 12.0. The minimum atomic E-state index is 0.0328. The fraction of sp³-hybridized carbons (Fsp3) is 0.235. The van der Waals surface area contributed by atoms with Gasteiger partial charge >= 0.3 is 0 Å². The molecule has 0 atom stereocenters. The first-order valence-corrected chi connectivity index (χ1v) is 6.84. The monoisotopic (exact) mass is 268 g/mol. The molecule has 0 saturated carbocycles. The van der Waals surface area contributed by atoms with Crippen molar-refractivity contribution in [2.75, 3.05) is 18.9 Å². The number of nitrogens with zero attached hydrogens (tertiary/aromatic N) is 1. The molecule has 3 heteroatoms. The summed E-state index contributed by atoms with van der Waals surface area (Å²) >= 11 is 0. The Morgan fingerprint density at radius 1 is 1.05 bits per heavy atom. The second kappa shape index (κ2) is 6.75. The van der Waals surface area contributed by atoms with Gasteiger partial charge in [0.2, 0.25) is 0 Å². The maximum atomic E-state index is 12.5. The molecular formula is C17H20N2O. The van der Waals surface area contributed by atoms with Crippen LogP contribution in [0.4, 0.5) is 5.69 Å². The van der Waals surface area contributed by atoms with E-state index >= 15 is 0 Å². The van der Waals surface area contributed by atoms with E-state index in [0.717, 1.165) is 17.8 Å². The summed E-state index contributed by atoms with van der Waals surface area (Å²) in [5.74, 6) is 0.0328. The summed E-state index contributed by atoms with van der Waals surface area (Å²) in [6.07, 6.45) is 0. The molecule has 0 aromatic heterocycles. The number of benzene rings is 2. The van der Waals surface area contributed by atoms with E-state index in [1.807, 2.05) is 68.6 Å². The van der Waals surface area contributed by atoms with Crippen LogP contribution in [0, 0.1) is 0 Å². The summed E-state index contributed by atoms with van der Waals surface area (Å²) in [6.45, 7) is 3.43. The molecule has 1 amide bonds. The molecule has 0 aliphatic rings. The van der Waals surface area contributed by atoms with Crippen molar-refractivity contribution < 1.29 is 4.79 Å². The zero-order chi connectivity index (χ0) is 14.4. The molecule has 0 fully saturated rings. The SMILES string of the molecule is CCNc1ccccc1C(=O)N(C)Cc1ccccc1. The molecule has 0 spiro atoms. The van der Waals surface area contributed by atoms with E-state index in [1.54, 1.807) is 4.90 Å². The molecular weight excluding hydrogens is 248 g/mol. The van der Waals surface area contributed by atoms with Crippen LogP contribution in [0.25, 0.3) is 0 Å². The van der Waals surface area contributed by atoms with Gasteiger partial charge < -0.3 is 10.2 Å². The molecule has 2 aromatic rings.